The smallest absolute Gasteiger partial charge is 0.187 e. The molecule has 0 saturated carbocycles. The maximum Gasteiger partial charge on any atom is 0.187 e. The third-order valence-corrected chi connectivity index (χ3v) is 6.71. The van der Waals surface area contributed by atoms with Gasteiger partial charge in [-0.1, -0.05) is 23.7 Å². The molecule has 36 heavy (non-hydrogen) atoms. The average Bonchev–Trinajstić information content (AvgIpc) is 3.45. The van der Waals surface area contributed by atoms with Crippen LogP contribution in [0.1, 0.15) is 52.3 Å². The molecule has 1 aromatic carbocycles. The fourth-order valence-electron chi connectivity index (χ4n) is 5.02. The standard InChI is InChI=1S/C28H29N5O3/c1-19-27(26(34)17-32-11-5-4-6-12-32)28-25(33(19)23-9-7-21(29-2)8-10-23)14-20(16-30-28)13-22-15-24(18-35-3)36-31-22/h7-10,14-16H,4-6,11-13,17-18H2,1,3H3. The van der Waals surface area contributed by atoms with E-state index in [1.54, 1.807) is 19.2 Å². The van der Waals surface area contributed by atoms with Crippen LogP contribution in [0.2, 0.25) is 0 Å². The summed E-state index contributed by atoms with van der Waals surface area (Å²) in [4.78, 5) is 24.1. The fraction of sp³-hybridized carbons (Fsp3) is 0.357. The van der Waals surface area contributed by atoms with Crippen LogP contribution in [0.5, 0.6) is 0 Å². The van der Waals surface area contributed by atoms with E-state index in [-0.39, 0.29) is 5.78 Å². The third-order valence-electron chi connectivity index (χ3n) is 6.71. The molecule has 0 radical (unpaired) electrons. The van der Waals surface area contributed by atoms with Crippen LogP contribution in [0.4, 0.5) is 5.69 Å². The number of ketones is 1. The van der Waals surface area contributed by atoms with Crippen molar-refractivity contribution in [3.63, 3.8) is 0 Å². The second-order valence-electron chi connectivity index (χ2n) is 9.29. The first-order valence-electron chi connectivity index (χ1n) is 12.2. The van der Waals surface area contributed by atoms with Gasteiger partial charge in [0, 0.05) is 37.2 Å². The average molecular weight is 484 g/mol. The molecular weight excluding hydrogens is 454 g/mol. The van der Waals surface area contributed by atoms with Crippen LogP contribution in [0, 0.1) is 13.5 Å². The summed E-state index contributed by atoms with van der Waals surface area (Å²) in [6, 6.07) is 11.4. The van der Waals surface area contributed by atoms with Gasteiger partial charge in [-0.05, 0) is 56.6 Å². The van der Waals surface area contributed by atoms with Gasteiger partial charge in [0.15, 0.2) is 17.2 Å². The Kier molecular flexibility index (Phi) is 6.94. The van der Waals surface area contributed by atoms with Crippen molar-refractivity contribution in [2.45, 2.75) is 39.2 Å². The lowest BCUT2D eigenvalue weighted by molar-refractivity contribution is 0.0916. The summed E-state index contributed by atoms with van der Waals surface area (Å²) < 4.78 is 12.5. The van der Waals surface area contributed by atoms with E-state index < -0.39 is 0 Å². The number of methoxy groups -OCH3 is 1. The number of piperidine rings is 1. The topological polar surface area (TPSA) is 77.8 Å². The number of Topliss-reactive ketones (excluding diaryl/α,β-unsaturated/α-hetero) is 1. The van der Waals surface area contributed by atoms with Crippen LogP contribution in [0.25, 0.3) is 21.6 Å². The van der Waals surface area contributed by atoms with E-state index in [0.29, 0.717) is 42.1 Å². The molecule has 4 aromatic rings. The molecule has 0 spiro atoms. The Hall–Kier alpha value is -3.80. The fourth-order valence-corrected chi connectivity index (χ4v) is 5.02. The molecule has 0 atom stereocenters. The zero-order valence-electron chi connectivity index (χ0n) is 20.7. The lowest BCUT2D eigenvalue weighted by Crippen LogP contribution is -2.34. The number of benzene rings is 1. The van der Waals surface area contributed by atoms with E-state index in [1.165, 1.54) is 6.42 Å². The van der Waals surface area contributed by atoms with Crippen LogP contribution in [0.3, 0.4) is 0 Å². The summed E-state index contributed by atoms with van der Waals surface area (Å²) >= 11 is 0. The second-order valence-corrected chi connectivity index (χ2v) is 9.29. The Morgan fingerprint density at radius 1 is 1.17 bits per heavy atom. The number of hydrogen-bond donors (Lipinski definition) is 0. The molecule has 8 heteroatoms. The van der Waals surface area contributed by atoms with Gasteiger partial charge in [-0.15, -0.1) is 0 Å². The molecule has 5 rings (SSSR count). The summed E-state index contributed by atoms with van der Waals surface area (Å²) in [5.41, 5.74) is 6.31. The quantitative estimate of drug-likeness (QED) is 0.251. The zero-order chi connectivity index (χ0) is 25.1. The SMILES string of the molecule is [C-]#[N+]c1ccc(-n2c(C)c(C(=O)CN3CCCCC3)c3ncc(Cc4cc(COC)on4)cc32)cc1. The number of hydrogen-bond acceptors (Lipinski definition) is 6. The van der Waals surface area contributed by atoms with Crippen molar-refractivity contribution in [2.75, 3.05) is 26.7 Å². The van der Waals surface area contributed by atoms with Gasteiger partial charge in [0.2, 0.25) is 0 Å². The number of likely N-dealkylation sites (tertiary alicyclic amines) is 1. The molecule has 4 heterocycles. The maximum absolute atomic E-state index is 13.6. The summed E-state index contributed by atoms with van der Waals surface area (Å²) in [5, 5.41) is 4.15. The number of pyridine rings is 1. The zero-order valence-corrected chi connectivity index (χ0v) is 20.7. The number of aromatic nitrogens is 3. The number of carbonyl (C=O) groups excluding carboxylic acids is 1. The predicted octanol–water partition coefficient (Wildman–Crippen LogP) is 5.28. The Morgan fingerprint density at radius 2 is 1.94 bits per heavy atom. The molecule has 3 aromatic heterocycles. The number of fused-ring (bicyclic) bond motifs is 1. The minimum absolute atomic E-state index is 0.0943. The number of nitrogens with zero attached hydrogens (tertiary/aromatic N) is 5. The lowest BCUT2D eigenvalue weighted by Gasteiger charge is -2.25. The first kappa shape index (κ1) is 23.9. The maximum atomic E-state index is 13.6. The molecular formula is C28H29N5O3. The Labute approximate surface area is 210 Å². The minimum atomic E-state index is 0.0943. The number of rotatable bonds is 8. The van der Waals surface area contributed by atoms with Gasteiger partial charge in [0.05, 0.1) is 35.4 Å². The van der Waals surface area contributed by atoms with Gasteiger partial charge in [0.1, 0.15) is 6.61 Å². The van der Waals surface area contributed by atoms with Crippen molar-refractivity contribution < 1.29 is 14.1 Å². The summed E-state index contributed by atoms with van der Waals surface area (Å²) in [7, 11) is 1.62. The number of carbonyl (C=O) groups is 1. The van der Waals surface area contributed by atoms with E-state index in [9.17, 15) is 4.79 Å². The van der Waals surface area contributed by atoms with Crippen molar-refractivity contribution in [3.05, 3.63) is 82.3 Å². The van der Waals surface area contributed by atoms with Gasteiger partial charge in [-0.2, -0.15) is 0 Å². The van der Waals surface area contributed by atoms with Gasteiger partial charge >= 0.3 is 0 Å². The van der Waals surface area contributed by atoms with Crippen molar-refractivity contribution in [1.29, 1.82) is 0 Å². The molecule has 8 nitrogen and oxygen atoms in total. The van der Waals surface area contributed by atoms with E-state index in [2.05, 4.69) is 25.5 Å². The van der Waals surface area contributed by atoms with Gasteiger partial charge in [-0.3, -0.25) is 14.7 Å². The Morgan fingerprint density at radius 3 is 2.67 bits per heavy atom. The molecule has 1 fully saturated rings. The largest absolute Gasteiger partial charge is 0.377 e. The molecule has 0 N–H and O–H groups in total. The second kappa shape index (κ2) is 10.4. The van der Waals surface area contributed by atoms with Crippen molar-refractivity contribution in [1.82, 2.24) is 19.6 Å². The highest BCUT2D eigenvalue weighted by Gasteiger charge is 2.24. The molecule has 0 amide bonds. The summed E-state index contributed by atoms with van der Waals surface area (Å²) in [6.07, 6.45) is 5.87. The van der Waals surface area contributed by atoms with Crippen LogP contribution in [-0.2, 0) is 17.8 Å². The Balaban J connectivity index is 1.56. The molecule has 1 aliphatic rings. The van der Waals surface area contributed by atoms with Gasteiger partial charge < -0.3 is 13.8 Å². The minimum Gasteiger partial charge on any atom is -0.377 e. The summed E-state index contributed by atoms with van der Waals surface area (Å²) in [6.45, 7) is 11.9. The van der Waals surface area contributed by atoms with E-state index in [4.69, 9.17) is 20.8 Å². The van der Waals surface area contributed by atoms with Crippen molar-refractivity contribution >= 4 is 22.5 Å². The van der Waals surface area contributed by atoms with E-state index in [1.807, 2.05) is 31.3 Å². The molecule has 0 aliphatic carbocycles. The predicted molar refractivity (Wildman–Crippen MR) is 137 cm³/mol. The van der Waals surface area contributed by atoms with E-state index in [0.717, 1.165) is 54.1 Å². The normalized spacial score (nSPS) is 14.2. The van der Waals surface area contributed by atoms with Crippen LogP contribution < -0.4 is 0 Å². The first-order chi connectivity index (χ1) is 17.6. The highest BCUT2D eigenvalue weighted by atomic mass is 16.5. The highest BCUT2D eigenvalue weighted by molar-refractivity contribution is 6.09. The van der Waals surface area contributed by atoms with Crippen LogP contribution >= 0.6 is 0 Å². The highest BCUT2D eigenvalue weighted by Crippen LogP contribution is 2.31. The first-order valence-corrected chi connectivity index (χ1v) is 12.2. The molecule has 1 aliphatic heterocycles. The molecule has 0 bridgehead atoms. The lowest BCUT2D eigenvalue weighted by atomic mass is 10.1. The monoisotopic (exact) mass is 483 g/mol. The molecule has 0 unspecified atom stereocenters. The summed E-state index contributed by atoms with van der Waals surface area (Å²) in [5.74, 6) is 0.767. The van der Waals surface area contributed by atoms with Crippen molar-refractivity contribution in [2.24, 2.45) is 0 Å². The van der Waals surface area contributed by atoms with Crippen LogP contribution in [0.15, 0.2) is 47.1 Å². The molecule has 184 valence electrons. The van der Waals surface area contributed by atoms with Gasteiger partial charge in [-0.25, -0.2) is 4.85 Å². The number of ether oxygens (including phenoxy) is 1. The third kappa shape index (κ3) is 4.81. The van der Waals surface area contributed by atoms with Gasteiger partial charge in [0.25, 0.3) is 0 Å². The Bertz CT molecular complexity index is 1420. The van der Waals surface area contributed by atoms with Crippen LogP contribution in [-0.4, -0.2) is 52.1 Å². The molecule has 1 saturated heterocycles. The van der Waals surface area contributed by atoms with Crippen molar-refractivity contribution in [3.8, 4) is 5.69 Å². The van der Waals surface area contributed by atoms with E-state index >= 15 is 0 Å².